The van der Waals surface area contributed by atoms with Gasteiger partial charge in [0.2, 0.25) is 0 Å². The molecule has 0 amide bonds. The first kappa shape index (κ1) is 36.6. The Balaban J connectivity index is 0.000000360. The third kappa shape index (κ3) is 11.8. The first-order valence-corrected chi connectivity index (χ1v) is 14.4. The quantitative estimate of drug-likeness (QED) is 0.232. The van der Waals surface area contributed by atoms with Gasteiger partial charge in [0.15, 0.2) is 0 Å². The minimum absolute atomic E-state index is 0.283. The number of hydrogen-bond donors (Lipinski definition) is 4. The van der Waals surface area contributed by atoms with Crippen LogP contribution in [0.15, 0.2) is 59.1 Å². The van der Waals surface area contributed by atoms with Crippen LogP contribution in [0.4, 0.5) is 38.0 Å². The molecule has 47 heavy (non-hydrogen) atoms. The van der Waals surface area contributed by atoms with Gasteiger partial charge in [0.25, 0.3) is 11.8 Å². The average molecular weight is 671 g/mol. The monoisotopic (exact) mass is 670 g/mol. The number of carboxylic acid groups (broad SMARTS) is 2. The van der Waals surface area contributed by atoms with Crippen LogP contribution in [0, 0.1) is 11.3 Å². The zero-order chi connectivity index (χ0) is 34.6. The Kier molecular flexibility index (Phi) is 13.0. The maximum absolute atomic E-state index is 10.6. The summed E-state index contributed by atoms with van der Waals surface area (Å²) in [7, 11) is 0. The molecule has 0 bridgehead atoms. The first-order chi connectivity index (χ1) is 22.2. The van der Waals surface area contributed by atoms with Crippen LogP contribution in [-0.4, -0.2) is 75.9 Å². The summed E-state index contributed by atoms with van der Waals surface area (Å²) in [6.45, 7) is 2.04. The summed E-state index contributed by atoms with van der Waals surface area (Å²) in [6.07, 6.45) is -3.14. The van der Waals surface area contributed by atoms with Crippen LogP contribution in [0.1, 0.15) is 44.1 Å². The number of nitrogens with zero attached hydrogens (tertiary/aromatic N) is 4. The number of benzene rings is 2. The molecule has 1 saturated carbocycles. The van der Waals surface area contributed by atoms with Gasteiger partial charge in [-0.05, 0) is 67.2 Å². The van der Waals surface area contributed by atoms with Crippen molar-refractivity contribution in [3.05, 3.63) is 60.2 Å². The second-order valence-electron chi connectivity index (χ2n) is 10.6. The number of hydrogen-bond acceptors (Lipinski definition) is 9. The third-order valence-corrected chi connectivity index (χ3v) is 7.24. The zero-order valence-electron chi connectivity index (χ0n) is 24.8. The predicted octanol–water partition coefficient (Wildman–Crippen LogP) is 5.86. The molecule has 2 aliphatic rings. The molecule has 3 atom stereocenters. The Morgan fingerprint density at radius 2 is 1.45 bits per heavy atom. The van der Waals surface area contributed by atoms with Gasteiger partial charge in [-0.3, -0.25) is 0 Å². The highest BCUT2D eigenvalue weighted by atomic mass is 19.4. The van der Waals surface area contributed by atoms with Gasteiger partial charge < -0.3 is 30.3 Å². The molecule has 17 heteroatoms. The molecule has 3 aromatic rings. The molecule has 4 N–H and O–H groups in total. The summed E-state index contributed by atoms with van der Waals surface area (Å²) in [5.74, 6) is -4.40. The molecule has 0 radical (unpaired) electrons. The van der Waals surface area contributed by atoms with Crippen LogP contribution in [0.25, 0.3) is 11.5 Å². The number of alkyl halides is 6. The molecule has 1 aliphatic carbocycles. The third-order valence-electron chi connectivity index (χ3n) is 7.24. The van der Waals surface area contributed by atoms with E-state index < -0.39 is 24.3 Å². The van der Waals surface area contributed by atoms with Crippen molar-refractivity contribution < 1.29 is 50.7 Å². The Morgan fingerprint density at radius 3 is 2.00 bits per heavy atom. The fraction of sp³-hybridized carbons (Fsp3) is 0.433. The predicted molar refractivity (Wildman–Crippen MR) is 156 cm³/mol. The van der Waals surface area contributed by atoms with Crippen LogP contribution in [-0.2, 0) is 9.59 Å². The number of piperidine rings is 1. The molecule has 5 rings (SSSR count). The molecule has 1 aromatic heterocycles. The maximum atomic E-state index is 10.6. The standard InChI is InChI=1S/C26H30N6O.2C2HF3O2/c27-17-19-12-14-22(15-13-19)32-16-6-9-21(18-32)28-23-10-4-5-11-24(23)29-26-30-25(33-31-26)20-7-2-1-3-8-20;2*3-2(4,5)1(6)7/h1-3,7-8,12-15,21,23-24,28H,4-6,9-11,16,18H2,(H,29,31);2*(H,6,7)/t21-,23+,24+;;/m0../s1. The molecule has 2 aromatic carbocycles. The highest BCUT2D eigenvalue weighted by Crippen LogP contribution is 2.26. The van der Waals surface area contributed by atoms with Crippen molar-refractivity contribution in [3.63, 3.8) is 0 Å². The van der Waals surface area contributed by atoms with Gasteiger partial charge in [0, 0.05) is 42.5 Å². The van der Waals surface area contributed by atoms with Crippen molar-refractivity contribution in [2.45, 2.75) is 69.0 Å². The lowest BCUT2D eigenvalue weighted by molar-refractivity contribution is -0.193. The van der Waals surface area contributed by atoms with E-state index in [4.69, 9.17) is 29.6 Å². The van der Waals surface area contributed by atoms with Gasteiger partial charge in [-0.2, -0.15) is 36.6 Å². The van der Waals surface area contributed by atoms with E-state index >= 15 is 0 Å². The number of aromatic nitrogens is 2. The SMILES string of the molecule is N#Cc1ccc(N2CCC[C@H](N[C@@H]3CCCC[C@H]3Nc3noc(-c4ccccc4)n3)C2)cc1.O=C(O)C(F)(F)F.O=C(O)C(F)(F)F. The smallest absolute Gasteiger partial charge is 0.475 e. The van der Waals surface area contributed by atoms with Crippen LogP contribution < -0.4 is 15.5 Å². The van der Waals surface area contributed by atoms with Crippen LogP contribution in [0.5, 0.6) is 0 Å². The highest BCUT2D eigenvalue weighted by molar-refractivity contribution is 5.73. The number of halogens is 6. The van der Waals surface area contributed by atoms with Gasteiger partial charge in [0.1, 0.15) is 0 Å². The minimum Gasteiger partial charge on any atom is -0.475 e. The van der Waals surface area contributed by atoms with Crippen molar-refractivity contribution in [3.8, 4) is 17.5 Å². The Morgan fingerprint density at radius 1 is 0.872 bits per heavy atom. The fourth-order valence-electron chi connectivity index (χ4n) is 5.05. The lowest BCUT2D eigenvalue weighted by atomic mass is 9.89. The van der Waals surface area contributed by atoms with Crippen molar-refractivity contribution in [2.75, 3.05) is 23.3 Å². The van der Waals surface area contributed by atoms with E-state index in [1.54, 1.807) is 0 Å². The Labute approximate surface area is 265 Å². The number of carbonyl (C=O) groups is 2. The number of rotatable bonds is 6. The van der Waals surface area contributed by atoms with Crippen molar-refractivity contribution in [1.82, 2.24) is 15.5 Å². The van der Waals surface area contributed by atoms with Crippen LogP contribution in [0.2, 0.25) is 0 Å². The first-order valence-electron chi connectivity index (χ1n) is 14.4. The van der Waals surface area contributed by atoms with E-state index in [0.717, 1.165) is 37.9 Å². The average Bonchev–Trinajstić information content (AvgIpc) is 3.51. The number of aliphatic carboxylic acids is 2. The van der Waals surface area contributed by atoms with Gasteiger partial charge in [-0.1, -0.05) is 31.0 Å². The Bertz CT molecular complexity index is 1450. The normalized spacial score (nSPS) is 19.6. The second-order valence-corrected chi connectivity index (χ2v) is 10.6. The molecular weight excluding hydrogens is 638 g/mol. The summed E-state index contributed by atoms with van der Waals surface area (Å²) < 4.78 is 69.0. The summed E-state index contributed by atoms with van der Waals surface area (Å²) in [5.41, 5.74) is 2.83. The molecule has 1 saturated heterocycles. The van der Waals surface area contributed by atoms with Gasteiger partial charge in [0.05, 0.1) is 11.6 Å². The molecule has 2 fully saturated rings. The molecule has 1 aliphatic heterocycles. The Hall–Kier alpha value is -4.85. The van der Waals surface area contributed by atoms with E-state index in [0.29, 0.717) is 29.5 Å². The van der Waals surface area contributed by atoms with E-state index in [9.17, 15) is 26.3 Å². The maximum Gasteiger partial charge on any atom is 0.490 e. The van der Waals surface area contributed by atoms with Crippen molar-refractivity contribution in [2.24, 2.45) is 0 Å². The minimum atomic E-state index is -5.08. The molecule has 11 nitrogen and oxygen atoms in total. The number of nitrogens with one attached hydrogen (secondary N) is 2. The van der Waals surface area contributed by atoms with Gasteiger partial charge in [-0.15, -0.1) is 0 Å². The van der Waals surface area contributed by atoms with Crippen LogP contribution >= 0.6 is 0 Å². The summed E-state index contributed by atoms with van der Waals surface area (Å²) in [5, 5.41) is 35.0. The van der Waals surface area contributed by atoms with E-state index in [1.807, 2.05) is 42.5 Å². The van der Waals surface area contributed by atoms with Gasteiger partial charge >= 0.3 is 24.3 Å². The van der Waals surface area contributed by atoms with Crippen molar-refractivity contribution in [1.29, 1.82) is 5.26 Å². The van der Waals surface area contributed by atoms with Crippen molar-refractivity contribution >= 4 is 23.6 Å². The topological polar surface area (TPSA) is 165 Å². The lowest BCUT2D eigenvalue weighted by Crippen LogP contribution is -2.55. The molecule has 254 valence electrons. The van der Waals surface area contributed by atoms with Gasteiger partial charge in [-0.25, -0.2) is 9.59 Å². The summed E-state index contributed by atoms with van der Waals surface area (Å²) in [4.78, 5) is 24.8. The highest BCUT2D eigenvalue weighted by Gasteiger charge is 2.39. The van der Waals surface area contributed by atoms with E-state index in [1.165, 1.54) is 24.9 Å². The van der Waals surface area contributed by atoms with E-state index in [-0.39, 0.29) is 6.04 Å². The van der Waals surface area contributed by atoms with E-state index in [2.05, 4.69) is 43.9 Å². The largest absolute Gasteiger partial charge is 0.490 e. The lowest BCUT2D eigenvalue weighted by Gasteiger charge is -2.40. The summed E-state index contributed by atoms with van der Waals surface area (Å²) >= 11 is 0. The molecule has 0 spiro atoms. The summed E-state index contributed by atoms with van der Waals surface area (Å²) in [6, 6.07) is 21.1. The molecule has 2 heterocycles. The molecule has 0 unspecified atom stereocenters. The second kappa shape index (κ2) is 16.6. The van der Waals surface area contributed by atoms with Crippen LogP contribution in [0.3, 0.4) is 0 Å². The number of carboxylic acids is 2. The number of nitriles is 1. The number of anilines is 2. The zero-order valence-corrected chi connectivity index (χ0v) is 24.8. The fourth-order valence-corrected chi connectivity index (χ4v) is 5.05. The molecular formula is C30H32F6N6O5.